The van der Waals surface area contributed by atoms with Crippen molar-refractivity contribution >= 4 is 16.0 Å². The fraction of sp³-hybridized carbons (Fsp3) is 0.417. The summed E-state index contributed by atoms with van der Waals surface area (Å²) in [6, 6.07) is 1.59. The van der Waals surface area contributed by atoms with Gasteiger partial charge >= 0.3 is 5.97 Å². The maximum atomic E-state index is 13.6. The average molecular weight is 307 g/mol. The quantitative estimate of drug-likeness (QED) is 0.870. The van der Waals surface area contributed by atoms with E-state index in [9.17, 15) is 22.0 Å². The van der Waals surface area contributed by atoms with Gasteiger partial charge in [0.05, 0.1) is 6.42 Å². The molecule has 0 heterocycles. The zero-order valence-corrected chi connectivity index (χ0v) is 11.8. The summed E-state index contributed by atoms with van der Waals surface area (Å²) in [5.41, 5.74) is 0. The molecule has 1 aromatic rings. The van der Waals surface area contributed by atoms with Crippen LogP contribution in [0.4, 0.5) is 8.78 Å². The van der Waals surface area contributed by atoms with Gasteiger partial charge in [0.1, 0.15) is 16.5 Å². The van der Waals surface area contributed by atoms with Crippen LogP contribution in [0.3, 0.4) is 0 Å². The first kappa shape index (κ1) is 16.5. The molecule has 0 radical (unpaired) electrons. The molecule has 0 aliphatic carbocycles. The Labute approximate surface area is 115 Å². The van der Waals surface area contributed by atoms with E-state index in [1.54, 1.807) is 13.8 Å². The Morgan fingerprint density at radius 1 is 1.35 bits per heavy atom. The Hall–Kier alpha value is -1.54. The van der Waals surface area contributed by atoms with Crippen molar-refractivity contribution < 1.29 is 27.1 Å². The number of hydrogen-bond donors (Lipinski definition) is 1. The molecule has 0 atom stereocenters. The van der Waals surface area contributed by atoms with E-state index in [1.165, 1.54) is 0 Å². The van der Waals surface area contributed by atoms with E-state index in [2.05, 4.69) is 0 Å². The molecule has 0 unspecified atom stereocenters. The number of carbonyl (C=O) groups is 1. The van der Waals surface area contributed by atoms with Gasteiger partial charge in [-0.3, -0.25) is 4.79 Å². The molecule has 112 valence electrons. The standard InChI is InChI=1S/C12H15F2NO4S/c1-8(2)15(6-5-12(16)17)20(18,19)11-4-3-9(13)7-10(11)14/h3-4,7-8H,5-6H2,1-2H3,(H,16,17). The van der Waals surface area contributed by atoms with Gasteiger partial charge in [-0.2, -0.15) is 4.31 Å². The second-order valence-corrected chi connectivity index (χ2v) is 6.29. The molecule has 0 aromatic heterocycles. The van der Waals surface area contributed by atoms with Crippen LogP contribution in [0.5, 0.6) is 0 Å². The van der Waals surface area contributed by atoms with Gasteiger partial charge in [-0.25, -0.2) is 17.2 Å². The van der Waals surface area contributed by atoms with E-state index < -0.39 is 45.0 Å². The van der Waals surface area contributed by atoms with E-state index in [0.29, 0.717) is 6.07 Å². The highest BCUT2D eigenvalue weighted by atomic mass is 32.2. The number of benzene rings is 1. The molecule has 20 heavy (non-hydrogen) atoms. The van der Waals surface area contributed by atoms with Crippen molar-refractivity contribution in [3.05, 3.63) is 29.8 Å². The van der Waals surface area contributed by atoms with Crippen molar-refractivity contribution in [2.75, 3.05) is 6.54 Å². The van der Waals surface area contributed by atoms with Crippen molar-refractivity contribution in [1.29, 1.82) is 0 Å². The average Bonchev–Trinajstić information content (AvgIpc) is 2.26. The molecule has 0 aliphatic rings. The van der Waals surface area contributed by atoms with Crippen LogP contribution in [0, 0.1) is 11.6 Å². The SMILES string of the molecule is CC(C)N(CCC(=O)O)S(=O)(=O)c1ccc(F)cc1F. The summed E-state index contributed by atoms with van der Waals surface area (Å²) >= 11 is 0. The van der Waals surface area contributed by atoms with Crippen LogP contribution in [-0.2, 0) is 14.8 Å². The molecule has 0 saturated heterocycles. The predicted octanol–water partition coefficient (Wildman–Crippen LogP) is 1.84. The van der Waals surface area contributed by atoms with Crippen LogP contribution in [0.2, 0.25) is 0 Å². The summed E-state index contributed by atoms with van der Waals surface area (Å²) in [7, 11) is -4.22. The Morgan fingerprint density at radius 3 is 2.40 bits per heavy atom. The second-order valence-electron chi connectivity index (χ2n) is 4.43. The molecular formula is C12H15F2NO4S. The van der Waals surface area contributed by atoms with Gasteiger partial charge in [0.2, 0.25) is 10.0 Å². The monoisotopic (exact) mass is 307 g/mol. The van der Waals surface area contributed by atoms with E-state index in [-0.39, 0.29) is 6.54 Å². The van der Waals surface area contributed by atoms with Crippen LogP contribution in [0.15, 0.2) is 23.1 Å². The van der Waals surface area contributed by atoms with Crippen molar-refractivity contribution in [2.45, 2.75) is 31.2 Å². The summed E-state index contributed by atoms with van der Waals surface area (Å²) < 4.78 is 51.9. The molecule has 0 bridgehead atoms. The molecule has 5 nitrogen and oxygen atoms in total. The molecule has 1 aromatic carbocycles. The van der Waals surface area contributed by atoms with Gasteiger partial charge in [0, 0.05) is 18.7 Å². The Bertz CT molecular complexity index is 601. The minimum Gasteiger partial charge on any atom is -0.481 e. The van der Waals surface area contributed by atoms with Crippen LogP contribution >= 0.6 is 0 Å². The molecule has 0 saturated carbocycles. The number of carboxylic acids is 1. The molecule has 8 heteroatoms. The van der Waals surface area contributed by atoms with Crippen LogP contribution in [-0.4, -0.2) is 36.4 Å². The lowest BCUT2D eigenvalue weighted by molar-refractivity contribution is -0.137. The zero-order chi connectivity index (χ0) is 15.5. The largest absolute Gasteiger partial charge is 0.481 e. The summed E-state index contributed by atoms with van der Waals surface area (Å²) in [5, 5.41) is 8.63. The predicted molar refractivity (Wildman–Crippen MR) is 67.6 cm³/mol. The lowest BCUT2D eigenvalue weighted by atomic mass is 10.3. The summed E-state index contributed by atoms with van der Waals surface area (Å²) in [4.78, 5) is 9.89. The smallest absolute Gasteiger partial charge is 0.304 e. The number of sulfonamides is 1. The first-order chi connectivity index (χ1) is 9.16. The fourth-order valence-electron chi connectivity index (χ4n) is 1.67. The number of carboxylic acid groups (broad SMARTS) is 1. The third kappa shape index (κ3) is 3.73. The highest BCUT2D eigenvalue weighted by Crippen LogP contribution is 2.22. The van der Waals surface area contributed by atoms with Crippen LogP contribution < -0.4 is 0 Å². The number of rotatable bonds is 6. The first-order valence-electron chi connectivity index (χ1n) is 5.85. The topological polar surface area (TPSA) is 74.7 Å². The van der Waals surface area contributed by atoms with Gasteiger partial charge in [-0.05, 0) is 26.0 Å². The third-order valence-corrected chi connectivity index (χ3v) is 4.71. The molecule has 0 fully saturated rings. The van der Waals surface area contributed by atoms with Gasteiger partial charge in [0.25, 0.3) is 0 Å². The lowest BCUT2D eigenvalue weighted by Crippen LogP contribution is -2.38. The molecule has 0 spiro atoms. The Morgan fingerprint density at radius 2 is 1.95 bits per heavy atom. The van der Waals surface area contributed by atoms with Crippen LogP contribution in [0.25, 0.3) is 0 Å². The van der Waals surface area contributed by atoms with E-state index >= 15 is 0 Å². The molecular weight excluding hydrogens is 292 g/mol. The molecule has 0 amide bonds. The number of halogens is 2. The highest BCUT2D eigenvalue weighted by Gasteiger charge is 2.30. The normalized spacial score (nSPS) is 12.1. The van der Waals surface area contributed by atoms with Gasteiger partial charge in [-0.15, -0.1) is 0 Å². The summed E-state index contributed by atoms with van der Waals surface area (Å²) in [5.74, 6) is -3.25. The molecule has 1 N–H and O–H groups in total. The fourth-order valence-corrected chi connectivity index (χ4v) is 3.36. The van der Waals surface area contributed by atoms with Gasteiger partial charge < -0.3 is 5.11 Å². The third-order valence-electron chi connectivity index (χ3n) is 2.60. The first-order valence-corrected chi connectivity index (χ1v) is 7.29. The molecule has 0 aliphatic heterocycles. The minimum atomic E-state index is -4.22. The maximum Gasteiger partial charge on any atom is 0.304 e. The van der Waals surface area contributed by atoms with Crippen molar-refractivity contribution in [2.24, 2.45) is 0 Å². The highest BCUT2D eigenvalue weighted by molar-refractivity contribution is 7.89. The minimum absolute atomic E-state index is 0.286. The van der Waals surface area contributed by atoms with Crippen molar-refractivity contribution in [1.82, 2.24) is 4.31 Å². The lowest BCUT2D eigenvalue weighted by Gasteiger charge is -2.25. The Kier molecular flexibility index (Phi) is 5.18. The van der Waals surface area contributed by atoms with E-state index in [4.69, 9.17) is 5.11 Å². The zero-order valence-electron chi connectivity index (χ0n) is 11.0. The summed E-state index contributed by atoms with van der Waals surface area (Å²) in [6.07, 6.45) is -0.403. The van der Waals surface area contributed by atoms with E-state index in [0.717, 1.165) is 16.4 Å². The Balaban J connectivity index is 3.19. The van der Waals surface area contributed by atoms with Gasteiger partial charge in [-0.1, -0.05) is 0 Å². The number of hydrogen-bond acceptors (Lipinski definition) is 3. The molecule has 1 rings (SSSR count). The number of nitrogens with zero attached hydrogens (tertiary/aromatic N) is 1. The maximum absolute atomic E-state index is 13.6. The van der Waals surface area contributed by atoms with Crippen molar-refractivity contribution in [3.8, 4) is 0 Å². The van der Waals surface area contributed by atoms with E-state index in [1.807, 2.05) is 0 Å². The summed E-state index contributed by atoms with van der Waals surface area (Å²) in [6.45, 7) is 2.80. The van der Waals surface area contributed by atoms with Crippen LogP contribution in [0.1, 0.15) is 20.3 Å². The van der Waals surface area contributed by atoms with Crippen molar-refractivity contribution in [3.63, 3.8) is 0 Å². The second kappa shape index (κ2) is 6.27. The number of aliphatic carboxylic acids is 1. The van der Waals surface area contributed by atoms with Gasteiger partial charge in [0.15, 0.2) is 0 Å².